The molecule has 3 nitrogen and oxygen atoms in total. The topological polar surface area (TPSA) is 32.3 Å². The Bertz CT molecular complexity index is 417. The molecule has 2 rings (SSSR count). The molecule has 0 unspecified atom stereocenters. The van der Waals surface area contributed by atoms with E-state index in [4.69, 9.17) is 0 Å². The van der Waals surface area contributed by atoms with Gasteiger partial charge in [-0.15, -0.1) is 0 Å². The zero-order valence-electron chi connectivity index (χ0n) is 9.38. The second-order valence-corrected chi connectivity index (χ2v) is 4.87. The fraction of sp³-hybridized carbons (Fsp3) is 0.417. The first-order valence-corrected chi connectivity index (χ1v) is 6.43. The maximum atomic E-state index is 13.0. The van der Waals surface area contributed by atoms with Crippen LogP contribution in [0.4, 0.5) is 4.39 Å². The Hall–Kier alpha value is -0.940. The van der Waals surface area contributed by atoms with Gasteiger partial charge in [0.25, 0.3) is 5.91 Å². The van der Waals surface area contributed by atoms with Gasteiger partial charge in [0.1, 0.15) is 5.82 Å². The molecule has 1 aromatic rings. The Morgan fingerprint density at radius 1 is 1.35 bits per heavy atom. The van der Waals surface area contributed by atoms with Crippen molar-refractivity contribution < 1.29 is 9.18 Å². The van der Waals surface area contributed by atoms with Gasteiger partial charge >= 0.3 is 0 Å². The van der Waals surface area contributed by atoms with Crippen molar-refractivity contribution in [1.29, 1.82) is 0 Å². The van der Waals surface area contributed by atoms with Crippen LogP contribution in [0.15, 0.2) is 22.7 Å². The molecule has 1 N–H and O–H groups in total. The zero-order valence-corrected chi connectivity index (χ0v) is 11.0. The van der Waals surface area contributed by atoms with E-state index >= 15 is 0 Å². The summed E-state index contributed by atoms with van der Waals surface area (Å²) in [6.07, 6.45) is 0.949. The van der Waals surface area contributed by atoms with Crippen molar-refractivity contribution >= 4 is 21.8 Å². The number of benzene rings is 1. The van der Waals surface area contributed by atoms with Crippen LogP contribution >= 0.6 is 15.9 Å². The molecule has 17 heavy (non-hydrogen) atoms. The van der Waals surface area contributed by atoms with E-state index in [0.717, 1.165) is 26.1 Å². The molecule has 1 saturated heterocycles. The number of nitrogens with zero attached hydrogens (tertiary/aromatic N) is 1. The largest absolute Gasteiger partial charge is 0.337 e. The van der Waals surface area contributed by atoms with Gasteiger partial charge in [-0.05, 0) is 47.1 Å². The van der Waals surface area contributed by atoms with Gasteiger partial charge in [-0.25, -0.2) is 4.39 Å². The highest BCUT2D eigenvalue weighted by Crippen LogP contribution is 2.20. The maximum absolute atomic E-state index is 13.0. The van der Waals surface area contributed by atoms with Crippen molar-refractivity contribution in [2.24, 2.45) is 0 Å². The molecular weight excluding hydrogens is 287 g/mol. The number of amides is 1. The highest BCUT2D eigenvalue weighted by atomic mass is 79.9. The molecule has 1 fully saturated rings. The van der Waals surface area contributed by atoms with Crippen LogP contribution in [0.3, 0.4) is 0 Å². The van der Waals surface area contributed by atoms with E-state index in [1.54, 1.807) is 4.90 Å². The quantitative estimate of drug-likeness (QED) is 0.861. The van der Waals surface area contributed by atoms with Crippen molar-refractivity contribution in [3.05, 3.63) is 34.1 Å². The Morgan fingerprint density at radius 2 is 2.18 bits per heavy atom. The van der Waals surface area contributed by atoms with E-state index in [0.29, 0.717) is 16.6 Å². The summed E-state index contributed by atoms with van der Waals surface area (Å²) in [6.45, 7) is 3.19. The third-order valence-electron chi connectivity index (χ3n) is 2.79. The molecule has 1 amide bonds. The molecule has 0 radical (unpaired) electrons. The smallest absolute Gasteiger partial charge is 0.255 e. The van der Waals surface area contributed by atoms with E-state index in [9.17, 15) is 9.18 Å². The first-order chi connectivity index (χ1) is 8.18. The van der Waals surface area contributed by atoms with E-state index in [2.05, 4.69) is 21.2 Å². The normalized spacial score (nSPS) is 16.7. The summed E-state index contributed by atoms with van der Waals surface area (Å²) in [4.78, 5) is 14.0. The number of nitrogens with one attached hydrogen (secondary N) is 1. The van der Waals surface area contributed by atoms with Crippen LogP contribution in [-0.2, 0) is 0 Å². The minimum absolute atomic E-state index is 0.0411. The molecule has 0 aromatic heterocycles. The van der Waals surface area contributed by atoms with E-state index < -0.39 is 0 Å². The number of rotatable bonds is 1. The van der Waals surface area contributed by atoms with Crippen LogP contribution in [0, 0.1) is 5.82 Å². The second kappa shape index (κ2) is 5.60. The number of halogens is 2. The van der Waals surface area contributed by atoms with Crippen molar-refractivity contribution in [2.45, 2.75) is 6.42 Å². The minimum Gasteiger partial charge on any atom is -0.337 e. The zero-order chi connectivity index (χ0) is 12.3. The van der Waals surface area contributed by atoms with E-state index in [1.807, 2.05) is 0 Å². The Morgan fingerprint density at radius 3 is 2.94 bits per heavy atom. The maximum Gasteiger partial charge on any atom is 0.255 e. The van der Waals surface area contributed by atoms with Gasteiger partial charge in [0, 0.05) is 24.1 Å². The fourth-order valence-electron chi connectivity index (χ4n) is 1.88. The lowest BCUT2D eigenvalue weighted by Gasteiger charge is -2.20. The predicted octanol–water partition coefficient (Wildman–Crippen LogP) is 2.02. The SMILES string of the molecule is O=C(c1ccc(F)cc1Br)N1CCCNCC1. The van der Waals surface area contributed by atoms with Crippen molar-refractivity contribution in [3.63, 3.8) is 0 Å². The molecular formula is C12H14BrFN2O. The summed E-state index contributed by atoms with van der Waals surface area (Å²) in [5.41, 5.74) is 0.522. The average molecular weight is 301 g/mol. The highest BCUT2D eigenvalue weighted by molar-refractivity contribution is 9.10. The molecule has 5 heteroatoms. The average Bonchev–Trinajstić information content (AvgIpc) is 2.56. The third-order valence-corrected chi connectivity index (χ3v) is 3.44. The van der Waals surface area contributed by atoms with Gasteiger partial charge in [-0.1, -0.05) is 0 Å². The first kappa shape index (κ1) is 12.5. The molecule has 1 heterocycles. The standard InChI is InChI=1S/C12H14BrFN2O/c13-11-8-9(14)2-3-10(11)12(17)16-6-1-4-15-5-7-16/h2-3,8,15H,1,4-7H2. The van der Waals surface area contributed by atoms with Gasteiger partial charge in [-0.3, -0.25) is 4.79 Å². The van der Waals surface area contributed by atoms with Crippen molar-refractivity contribution in [1.82, 2.24) is 10.2 Å². The minimum atomic E-state index is -0.342. The predicted molar refractivity (Wildman–Crippen MR) is 67.5 cm³/mol. The Kier molecular flexibility index (Phi) is 4.12. The molecule has 0 aliphatic carbocycles. The Labute approximate surface area is 108 Å². The summed E-state index contributed by atoms with van der Waals surface area (Å²) in [5, 5.41) is 3.24. The summed E-state index contributed by atoms with van der Waals surface area (Å²) in [6, 6.07) is 4.16. The summed E-state index contributed by atoms with van der Waals surface area (Å²) < 4.78 is 13.5. The summed E-state index contributed by atoms with van der Waals surface area (Å²) in [7, 11) is 0. The number of carbonyl (C=O) groups excluding carboxylic acids is 1. The lowest BCUT2D eigenvalue weighted by Crippen LogP contribution is -2.34. The summed E-state index contributed by atoms with van der Waals surface area (Å²) in [5.74, 6) is -0.383. The lowest BCUT2D eigenvalue weighted by molar-refractivity contribution is 0.0765. The van der Waals surface area contributed by atoms with Crippen LogP contribution in [0.5, 0.6) is 0 Å². The number of hydrogen-bond donors (Lipinski definition) is 1. The van der Waals surface area contributed by atoms with Crippen LogP contribution < -0.4 is 5.32 Å². The van der Waals surface area contributed by atoms with Crippen LogP contribution in [0.1, 0.15) is 16.8 Å². The first-order valence-electron chi connectivity index (χ1n) is 5.63. The van der Waals surface area contributed by atoms with Crippen LogP contribution in [0.25, 0.3) is 0 Å². The molecule has 0 bridgehead atoms. The van der Waals surface area contributed by atoms with Crippen LogP contribution in [0.2, 0.25) is 0 Å². The summed E-state index contributed by atoms with van der Waals surface area (Å²) >= 11 is 3.23. The fourth-order valence-corrected chi connectivity index (χ4v) is 2.40. The van der Waals surface area contributed by atoms with Gasteiger partial charge < -0.3 is 10.2 Å². The van der Waals surface area contributed by atoms with E-state index in [-0.39, 0.29) is 11.7 Å². The molecule has 1 aliphatic heterocycles. The highest BCUT2D eigenvalue weighted by Gasteiger charge is 2.19. The van der Waals surface area contributed by atoms with Crippen LogP contribution in [-0.4, -0.2) is 37.0 Å². The Balaban J connectivity index is 2.17. The van der Waals surface area contributed by atoms with Gasteiger partial charge in [0.15, 0.2) is 0 Å². The molecule has 0 saturated carbocycles. The molecule has 0 spiro atoms. The third kappa shape index (κ3) is 3.04. The molecule has 92 valence electrons. The van der Waals surface area contributed by atoms with Gasteiger partial charge in [0.05, 0.1) is 5.56 Å². The van der Waals surface area contributed by atoms with Crippen molar-refractivity contribution in [3.8, 4) is 0 Å². The molecule has 1 aromatic carbocycles. The molecule has 1 aliphatic rings. The van der Waals surface area contributed by atoms with Crippen molar-refractivity contribution in [2.75, 3.05) is 26.2 Å². The monoisotopic (exact) mass is 300 g/mol. The second-order valence-electron chi connectivity index (χ2n) is 4.02. The lowest BCUT2D eigenvalue weighted by atomic mass is 10.2. The number of hydrogen-bond acceptors (Lipinski definition) is 2. The van der Waals surface area contributed by atoms with Gasteiger partial charge in [0.2, 0.25) is 0 Å². The molecule has 0 atom stereocenters. The van der Waals surface area contributed by atoms with E-state index in [1.165, 1.54) is 18.2 Å². The number of carbonyl (C=O) groups is 1. The van der Waals surface area contributed by atoms with Gasteiger partial charge in [-0.2, -0.15) is 0 Å².